The molecule has 2 aliphatic heterocycles. The maximum atomic E-state index is 3.42. The van der Waals surface area contributed by atoms with E-state index in [-0.39, 0.29) is 0 Å². The average Bonchev–Trinajstić information content (AvgIpc) is 2.67. The first-order valence-electron chi connectivity index (χ1n) is 6.74. The number of hydrogen-bond acceptors (Lipinski definition) is 3. The van der Waals surface area contributed by atoms with Crippen LogP contribution in [0.5, 0.6) is 0 Å². The second kappa shape index (κ2) is 5.03. The monoisotopic (exact) mass is 225 g/mol. The van der Waals surface area contributed by atoms with E-state index in [4.69, 9.17) is 0 Å². The van der Waals surface area contributed by atoms with Gasteiger partial charge in [0.25, 0.3) is 0 Å². The summed E-state index contributed by atoms with van der Waals surface area (Å²) >= 11 is 0. The Morgan fingerprint density at radius 1 is 1.12 bits per heavy atom. The third kappa shape index (κ3) is 3.19. The Morgan fingerprint density at radius 2 is 1.81 bits per heavy atom. The molecule has 0 saturated carbocycles. The van der Waals surface area contributed by atoms with Gasteiger partial charge >= 0.3 is 0 Å². The van der Waals surface area contributed by atoms with Crippen molar-refractivity contribution < 1.29 is 0 Å². The molecule has 2 fully saturated rings. The van der Waals surface area contributed by atoms with Crippen molar-refractivity contribution in [3.63, 3.8) is 0 Å². The van der Waals surface area contributed by atoms with Crippen LogP contribution in [-0.4, -0.2) is 61.2 Å². The van der Waals surface area contributed by atoms with Gasteiger partial charge in [0.15, 0.2) is 0 Å². The van der Waals surface area contributed by atoms with Gasteiger partial charge in [0.05, 0.1) is 0 Å². The Labute approximate surface area is 100 Å². The van der Waals surface area contributed by atoms with Crippen LogP contribution in [0.25, 0.3) is 0 Å². The molecule has 2 heterocycles. The van der Waals surface area contributed by atoms with Crippen LogP contribution in [0.1, 0.15) is 27.2 Å². The molecule has 0 radical (unpaired) electrons. The average molecular weight is 225 g/mol. The van der Waals surface area contributed by atoms with Gasteiger partial charge in [0.2, 0.25) is 0 Å². The van der Waals surface area contributed by atoms with Gasteiger partial charge in [-0.2, -0.15) is 0 Å². The van der Waals surface area contributed by atoms with Crippen LogP contribution < -0.4 is 5.32 Å². The van der Waals surface area contributed by atoms with Crippen molar-refractivity contribution in [2.45, 2.75) is 32.7 Å². The Kier molecular flexibility index (Phi) is 3.88. The van der Waals surface area contributed by atoms with Gasteiger partial charge in [-0.1, -0.05) is 0 Å². The summed E-state index contributed by atoms with van der Waals surface area (Å²) in [7, 11) is 0. The summed E-state index contributed by atoms with van der Waals surface area (Å²) < 4.78 is 0. The second-order valence-corrected chi connectivity index (χ2v) is 6.32. The van der Waals surface area contributed by atoms with E-state index in [1.165, 1.54) is 52.2 Å². The van der Waals surface area contributed by atoms with Gasteiger partial charge in [-0.25, -0.2) is 0 Å². The topological polar surface area (TPSA) is 18.5 Å². The van der Waals surface area contributed by atoms with E-state index in [1.54, 1.807) is 0 Å². The van der Waals surface area contributed by atoms with Gasteiger partial charge in [-0.15, -0.1) is 0 Å². The van der Waals surface area contributed by atoms with Crippen LogP contribution in [0.15, 0.2) is 0 Å². The lowest BCUT2D eigenvalue weighted by Crippen LogP contribution is -2.46. The first-order valence-corrected chi connectivity index (χ1v) is 6.74. The highest BCUT2D eigenvalue weighted by molar-refractivity contribution is 4.86. The summed E-state index contributed by atoms with van der Waals surface area (Å²) in [5.41, 5.74) is 0.359. The van der Waals surface area contributed by atoms with Crippen molar-refractivity contribution in [2.75, 3.05) is 45.8 Å². The van der Waals surface area contributed by atoms with Gasteiger partial charge < -0.3 is 10.2 Å². The molecule has 3 heteroatoms. The molecule has 0 amide bonds. The Hall–Kier alpha value is -0.120. The molecule has 16 heavy (non-hydrogen) atoms. The zero-order valence-corrected chi connectivity index (χ0v) is 11.1. The minimum atomic E-state index is 0.359. The Bertz CT molecular complexity index is 216. The standard InChI is InChI=1S/C13H27N3/c1-13(2,3)16-7-4-12(11-16)10-15-8-5-14-6-9-15/h12,14H,4-11H2,1-3H3. The van der Waals surface area contributed by atoms with E-state index in [2.05, 4.69) is 35.9 Å². The molecule has 0 aromatic rings. The fourth-order valence-electron chi connectivity index (χ4n) is 2.85. The van der Waals surface area contributed by atoms with E-state index in [0.717, 1.165) is 5.92 Å². The third-order valence-corrected chi connectivity index (χ3v) is 3.96. The summed E-state index contributed by atoms with van der Waals surface area (Å²) in [6.45, 7) is 15.7. The summed E-state index contributed by atoms with van der Waals surface area (Å²) in [6.07, 6.45) is 1.39. The third-order valence-electron chi connectivity index (χ3n) is 3.96. The highest BCUT2D eigenvalue weighted by Crippen LogP contribution is 2.24. The fourth-order valence-corrected chi connectivity index (χ4v) is 2.85. The molecule has 2 rings (SSSR count). The van der Waals surface area contributed by atoms with Gasteiger partial charge in [-0.05, 0) is 39.7 Å². The van der Waals surface area contributed by atoms with Crippen LogP contribution in [0.4, 0.5) is 0 Å². The van der Waals surface area contributed by atoms with E-state index >= 15 is 0 Å². The van der Waals surface area contributed by atoms with Gasteiger partial charge in [0, 0.05) is 44.8 Å². The van der Waals surface area contributed by atoms with E-state index in [9.17, 15) is 0 Å². The molecule has 0 aliphatic carbocycles. The summed E-state index contributed by atoms with van der Waals surface area (Å²) in [6, 6.07) is 0. The first-order chi connectivity index (χ1) is 7.55. The summed E-state index contributed by atoms with van der Waals surface area (Å²) in [5.74, 6) is 0.900. The number of rotatable bonds is 2. The molecule has 2 aliphatic rings. The molecule has 1 unspecified atom stereocenters. The largest absolute Gasteiger partial charge is 0.314 e. The maximum absolute atomic E-state index is 3.42. The highest BCUT2D eigenvalue weighted by atomic mass is 15.2. The van der Waals surface area contributed by atoms with Crippen LogP contribution in [-0.2, 0) is 0 Å². The lowest BCUT2D eigenvalue weighted by atomic mass is 10.1. The van der Waals surface area contributed by atoms with Crippen molar-refractivity contribution in [2.24, 2.45) is 5.92 Å². The van der Waals surface area contributed by atoms with Crippen molar-refractivity contribution >= 4 is 0 Å². The van der Waals surface area contributed by atoms with Crippen LogP contribution in [0, 0.1) is 5.92 Å². The molecule has 0 spiro atoms. The lowest BCUT2D eigenvalue weighted by molar-refractivity contribution is 0.154. The molecule has 0 bridgehead atoms. The Balaban J connectivity index is 1.76. The van der Waals surface area contributed by atoms with Crippen molar-refractivity contribution in [3.8, 4) is 0 Å². The van der Waals surface area contributed by atoms with Gasteiger partial charge in [-0.3, -0.25) is 4.90 Å². The molecule has 3 nitrogen and oxygen atoms in total. The first kappa shape index (κ1) is 12.3. The molecule has 94 valence electrons. The molecule has 2 saturated heterocycles. The minimum Gasteiger partial charge on any atom is -0.314 e. The number of nitrogens with one attached hydrogen (secondary N) is 1. The number of hydrogen-bond donors (Lipinski definition) is 1. The number of nitrogens with zero attached hydrogens (tertiary/aromatic N) is 2. The van der Waals surface area contributed by atoms with Gasteiger partial charge in [0.1, 0.15) is 0 Å². The van der Waals surface area contributed by atoms with E-state index < -0.39 is 0 Å². The fraction of sp³-hybridized carbons (Fsp3) is 1.00. The maximum Gasteiger partial charge on any atom is 0.0125 e. The van der Waals surface area contributed by atoms with E-state index in [0.29, 0.717) is 5.54 Å². The number of piperazine rings is 1. The minimum absolute atomic E-state index is 0.359. The quantitative estimate of drug-likeness (QED) is 0.757. The van der Waals surface area contributed by atoms with Crippen LogP contribution in [0.2, 0.25) is 0 Å². The van der Waals surface area contributed by atoms with Crippen LogP contribution in [0.3, 0.4) is 0 Å². The zero-order valence-electron chi connectivity index (χ0n) is 11.1. The van der Waals surface area contributed by atoms with Crippen molar-refractivity contribution in [3.05, 3.63) is 0 Å². The summed E-state index contributed by atoms with van der Waals surface area (Å²) in [5, 5.41) is 3.42. The van der Waals surface area contributed by atoms with Crippen molar-refractivity contribution in [1.29, 1.82) is 0 Å². The molecule has 0 aromatic heterocycles. The second-order valence-electron chi connectivity index (χ2n) is 6.32. The summed E-state index contributed by atoms with van der Waals surface area (Å²) in [4.78, 5) is 5.27. The van der Waals surface area contributed by atoms with E-state index in [1.807, 2.05) is 0 Å². The zero-order chi connectivity index (χ0) is 11.6. The molecular formula is C13H27N3. The molecule has 0 aromatic carbocycles. The highest BCUT2D eigenvalue weighted by Gasteiger charge is 2.31. The number of likely N-dealkylation sites (tertiary alicyclic amines) is 1. The van der Waals surface area contributed by atoms with Crippen molar-refractivity contribution in [1.82, 2.24) is 15.1 Å². The predicted molar refractivity (Wildman–Crippen MR) is 68.7 cm³/mol. The molecular weight excluding hydrogens is 198 g/mol. The Morgan fingerprint density at radius 3 is 2.38 bits per heavy atom. The normalized spacial score (nSPS) is 29.8. The lowest BCUT2D eigenvalue weighted by Gasteiger charge is -2.33. The SMILES string of the molecule is CC(C)(C)N1CCC(CN2CCNCC2)C1. The molecule has 1 N–H and O–H groups in total. The predicted octanol–water partition coefficient (Wildman–Crippen LogP) is 1.01. The molecule has 1 atom stereocenters. The smallest absolute Gasteiger partial charge is 0.0125 e. The van der Waals surface area contributed by atoms with Crippen LogP contribution >= 0.6 is 0 Å².